The highest BCUT2D eigenvalue weighted by molar-refractivity contribution is 5.92. The standard InChI is InChI=1S/C25H24FN5O/c1-17-22(18(2)31(29-17)21-10-5-4-6-11-21)12-13-23(32)28-24(25-27-14-15-30(25)3)19-8-7-9-20(26)16-19/h4-16,24H,1-3H3,(H,28,32)/b13-12+. The number of imidazole rings is 1. The second-order valence-corrected chi connectivity index (χ2v) is 7.56. The molecule has 0 spiro atoms. The third-order valence-electron chi connectivity index (χ3n) is 5.33. The molecular formula is C25H24FN5O. The molecule has 4 aromatic rings. The molecular weight excluding hydrogens is 405 g/mol. The van der Waals surface area contributed by atoms with Crippen LogP contribution in [0.2, 0.25) is 0 Å². The van der Waals surface area contributed by atoms with E-state index in [1.165, 1.54) is 18.2 Å². The molecule has 32 heavy (non-hydrogen) atoms. The van der Waals surface area contributed by atoms with Gasteiger partial charge in [-0.15, -0.1) is 0 Å². The number of nitrogens with one attached hydrogen (secondary N) is 1. The molecule has 0 saturated carbocycles. The summed E-state index contributed by atoms with van der Waals surface area (Å²) < 4.78 is 17.5. The Morgan fingerprint density at radius 1 is 1.12 bits per heavy atom. The fourth-order valence-corrected chi connectivity index (χ4v) is 3.70. The van der Waals surface area contributed by atoms with Crippen molar-refractivity contribution in [2.75, 3.05) is 0 Å². The van der Waals surface area contributed by atoms with Gasteiger partial charge in [0.1, 0.15) is 17.7 Å². The number of benzene rings is 2. The molecule has 0 aliphatic carbocycles. The van der Waals surface area contributed by atoms with Gasteiger partial charge in [-0.2, -0.15) is 5.10 Å². The zero-order valence-corrected chi connectivity index (χ0v) is 18.2. The van der Waals surface area contributed by atoms with Crippen LogP contribution in [-0.2, 0) is 11.8 Å². The maximum Gasteiger partial charge on any atom is 0.244 e. The van der Waals surface area contributed by atoms with Crippen LogP contribution in [0.15, 0.2) is 73.1 Å². The van der Waals surface area contributed by atoms with Gasteiger partial charge in [-0.1, -0.05) is 30.3 Å². The predicted octanol–water partition coefficient (Wildman–Crippen LogP) is 4.28. The summed E-state index contributed by atoms with van der Waals surface area (Å²) in [5, 5.41) is 7.56. The number of rotatable bonds is 6. The number of para-hydroxylation sites is 1. The molecule has 2 aromatic carbocycles. The first-order valence-corrected chi connectivity index (χ1v) is 10.3. The molecule has 0 bridgehead atoms. The van der Waals surface area contributed by atoms with Crippen molar-refractivity contribution in [3.8, 4) is 5.69 Å². The van der Waals surface area contributed by atoms with Gasteiger partial charge in [0.25, 0.3) is 0 Å². The number of halogens is 1. The highest BCUT2D eigenvalue weighted by atomic mass is 19.1. The number of hydrogen-bond acceptors (Lipinski definition) is 3. The molecule has 7 heteroatoms. The molecule has 162 valence electrons. The molecule has 1 N–H and O–H groups in total. The third kappa shape index (κ3) is 4.37. The zero-order valence-electron chi connectivity index (χ0n) is 18.2. The first-order valence-electron chi connectivity index (χ1n) is 10.3. The van der Waals surface area contributed by atoms with Crippen molar-refractivity contribution >= 4 is 12.0 Å². The van der Waals surface area contributed by atoms with Gasteiger partial charge in [0.15, 0.2) is 0 Å². The zero-order chi connectivity index (χ0) is 22.7. The van der Waals surface area contributed by atoms with Gasteiger partial charge in [-0.05, 0) is 49.8 Å². The Bertz CT molecular complexity index is 1270. The number of hydrogen-bond donors (Lipinski definition) is 1. The van der Waals surface area contributed by atoms with Crippen LogP contribution >= 0.6 is 0 Å². The summed E-state index contributed by atoms with van der Waals surface area (Å²) in [6.07, 6.45) is 6.66. The molecule has 0 radical (unpaired) electrons. The Morgan fingerprint density at radius 3 is 2.59 bits per heavy atom. The molecule has 2 aromatic heterocycles. The van der Waals surface area contributed by atoms with Crippen LogP contribution in [0.4, 0.5) is 4.39 Å². The van der Waals surface area contributed by atoms with E-state index in [0.29, 0.717) is 11.4 Å². The van der Waals surface area contributed by atoms with E-state index in [1.54, 1.807) is 35.2 Å². The van der Waals surface area contributed by atoms with E-state index in [2.05, 4.69) is 15.4 Å². The van der Waals surface area contributed by atoms with Gasteiger partial charge < -0.3 is 9.88 Å². The van der Waals surface area contributed by atoms with Crippen molar-refractivity contribution in [3.63, 3.8) is 0 Å². The lowest BCUT2D eigenvalue weighted by molar-refractivity contribution is -0.117. The maximum absolute atomic E-state index is 13.8. The van der Waals surface area contributed by atoms with Gasteiger partial charge in [-0.3, -0.25) is 4.79 Å². The average Bonchev–Trinajstić information content (AvgIpc) is 3.33. The number of aryl methyl sites for hydroxylation is 2. The molecule has 6 nitrogen and oxygen atoms in total. The molecule has 2 heterocycles. The van der Waals surface area contributed by atoms with Crippen molar-refractivity contribution in [3.05, 3.63) is 107 Å². The highest BCUT2D eigenvalue weighted by Crippen LogP contribution is 2.22. The number of carbonyl (C=O) groups is 1. The minimum atomic E-state index is -0.586. The lowest BCUT2D eigenvalue weighted by atomic mass is 10.1. The fraction of sp³-hybridized carbons (Fsp3) is 0.160. The van der Waals surface area contributed by atoms with Crippen molar-refractivity contribution in [2.24, 2.45) is 7.05 Å². The van der Waals surface area contributed by atoms with Crippen molar-refractivity contribution in [1.82, 2.24) is 24.6 Å². The minimum Gasteiger partial charge on any atom is -0.339 e. The molecule has 1 atom stereocenters. The average molecular weight is 429 g/mol. The lowest BCUT2D eigenvalue weighted by Gasteiger charge is -2.18. The quantitative estimate of drug-likeness (QED) is 0.465. The number of aromatic nitrogens is 4. The minimum absolute atomic E-state index is 0.312. The third-order valence-corrected chi connectivity index (χ3v) is 5.33. The van der Waals surface area contributed by atoms with E-state index < -0.39 is 6.04 Å². The maximum atomic E-state index is 13.8. The molecule has 0 aliphatic rings. The normalized spacial score (nSPS) is 12.2. The van der Waals surface area contributed by atoms with Crippen LogP contribution < -0.4 is 5.32 Å². The summed E-state index contributed by atoms with van der Waals surface area (Å²) in [5.74, 6) is -0.0683. The largest absolute Gasteiger partial charge is 0.339 e. The summed E-state index contributed by atoms with van der Waals surface area (Å²) in [6.45, 7) is 3.88. The summed E-state index contributed by atoms with van der Waals surface area (Å²) in [4.78, 5) is 17.2. The summed E-state index contributed by atoms with van der Waals surface area (Å²) in [5.41, 5.74) is 4.21. The van der Waals surface area contributed by atoms with Crippen LogP contribution in [0.3, 0.4) is 0 Å². The van der Waals surface area contributed by atoms with Crippen LogP contribution in [0.25, 0.3) is 11.8 Å². The van der Waals surface area contributed by atoms with Crippen LogP contribution in [0.5, 0.6) is 0 Å². The first kappa shape index (κ1) is 21.2. The van der Waals surface area contributed by atoms with Crippen molar-refractivity contribution < 1.29 is 9.18 Å². The van der Waals surface area contributed by atoms with Crippen LogP contribution in [0, 0.1) is 19.7 Å². The van der Waals surface area contributed by atoms with E-state index in [0.717, 1.165) is 22.6 Å². The van der Waals surface area contributed by atoms with Gasteiger partial charge >= 0.3 is 0 Å². The lowest BCUT2D eigenvalue weighted by Crippen LogP contribution is -2.29. The first-order chi connectivity index (χ1) is 15.4. The van der Waals surface area contributed by atoms with E-state index in [1.807, 2.05) is 55.9 Å². The Morgan fingerprint density at radius 2 is 1.91 bits per heavy atom. The second-order valence-electron chi connectivity index (χ2n) is 7.56. The monoisotopic (exact) mass is 429 g/mol. The van der Waals surface area contributed by atoms with Crippen LogP contribution in [-0.4, -0.2) is 25.2 Å². The van der Waals surface area contributed by atoms with Gasteiger partial charge in [0, 0.05) is 36.8 Å². The molecule has 0 saturated heterocycles. The van der Waals surface area contributed by atoms with E-state index in [9.17, 15) is 9.18 Å². The Labute approximate surface area is 186 Å². The van der Waals surface area contributed by atoms with E-state index in [-0.39, 0.29) is 11.7 Å². The molecule has 4 rings (SSSR count). The number of carbonyl (C=O) groups excluding carboxylic acids is 1. The fourth-order valence-electron chi connectivity index (χ4n) is 3.70. The van der Waals surface area contributed by atoms with Crippen molar-refractivity contribution in [1.29, 1.82) is 0 Å². The predicted molar refractivity (Wildman–Crippen MR) is 122 cm³/mol. The Hall–Kier alpha value is -4.00. The van der Waals surface area contributed by atoms with E-state index in [4.69, 9.17) is 0 Å². The van der Waals surface area contributed by atoms with Gasteiger partial charge in [0.05, 0.1) is 11.4 Å². The summed E-state index contributed by atoms with van der Waals surface area (Å²) in [7, 11) is 1.83. The Balaban J connectivity index is 1.59. The summed E-state index contributed by atoms with van der Waals surface area (Å²) >= 11 is 0. The second kappa shape index (κ2) is 9.01. The summed E-state index contributed by atoms with van der Waals surface area (Å²) in [6, 6.07) is 15.4. The van der Waals surface area contributed by atoms with Crippen molar-refractivity contribution in [2.45, 2.75) is 19.9 Å². The van der Waals surface area contributed by atoms with E-state index >= 15 is 0 Å². The number of amides is 1. The smallest absolute Gasteiger partial charge is 0.244 e. The molecule has 1 amide bonds. The molecule has 0 aliphatic heterocycles. The Kier molecular flexibility index (Phi) is 5.98. The number of nitrogens with zero attached hydrogens (tertiary/aromatic N) is 4. The molecule has 1 unspecified atom stereocenters. The molecule has 0 fully saturated rings. The SMILES string of the molecule is Cc1nn(-c2ccccc2)c(C)c1/C=C/C(=O)NC(c1cccc(F)c1)c1nccn1C. The van der Waals surface area contributed by atoms with Gasteiger partial charge in [-0.25, -0.2) is 14.1 Å². The highest BCUT2D eigenvalue weighted by Gasteiger charge is 2.20. The topological polar surface area (TPSA) is 64.7 Å². The van der Waals surface area contributed by atoms with Gasteiger partial charge in [0.2, 0.25) is 5.91 Å². The van der Waals surface area contributed by atoms with Crippen LogP contribution in [0.1, 0.15) is 34.4 Å².